The summed E-state index contributed by atoms with van der Waals surface area (Å²) in [4.78, 5) is 26.5. The summed E-state index contributed by atoms with van der Waals surface area (Å²) in [5.74, 6) is -1.00. The normalized spacial score (nSPS) is 15.4. The first kappa shape index (κ1) is 25.7. The maximum absolute atomic E-state index is 13.1. The van der Waals surface area contributed by atoms with Crippen LogP contribution in [0.25, 0.3) is 6.08 Å². The van der Waals surface area contributed by atoms with Crippen molar-refractivity contribution in [2.75, 3.05) is 11.9 Å². The number of nitrogens with one attached hydrogen (secondary N) is 1. The Labute approximate surface area is 213 Å². The molecule has 12 heteroatoms. The van der Waals surface area contributed by atoms with E-state index in [2.05, 4.69) is 37.2 Å². The highest BCUT2D eigenvalue weighted by atomic mass is 79.9. The Bertz CT molecular complexity index is 1160. The average Bonchev–Trinajstić information content (AvgIpc) is 2.98. The number of phenolic OH excluding ortho intramolecular Hbond substituents is 1. The highest BCUT2D eigenvalue weighted by Crippen LogP contribution is 2.38. The average molecular weight is 624 g/mol. The number of nitrogens with zero attached hydrogens (tertiary/aromatic N) is 1. The number of phenols is 1. The van der Waals surface area contributed by atoms with Gasteiger partial charge in [-0.15, -0.1) is 0 Å². The van der Waals surface area contributed by atoms with Gasteiger partial charge in [0.15, 0.2) is 0 Å². The standard InChI is InChI=1S/C21H15Br2F3N2O3S2/c22-12-8-11(18(30)14(23)10-12)9-16-19(31)28(20(32)33-16)7-3-6-17(29)27-15-5-2-1-4-13(15)21(24,25)26/h1-2,4-5,8-10,30H,3,6-7H2,(H,27,29)/b16-9-. The predicted molar refractivity (Wildman–Crippen MR) is 133 cm³/mol. The van der Waals surface area contributed by atoms with E-state index in [9.17, 15) is 27.9 Å². The lowest BCUT2D eigenvalue weighted by molar-refractivity contribution is -0.137. The maximum Gasteiger partial charge on any atom is 0.418 e. The van der Waals surface area contributed by atoms with Gasteiger partial charge in [0.2, 0.25) is 5.91 Å². The molecule has 1 heterocycles. The second-order valence-electron chi connectivity index (χ2n) is 6.85. The second kappa shape index (κ2) is 10.6. The van der Waals surface area contributed by atoms with E-state index >= 15 is 0 Å². The third-order valence-corrected chi connectivity index (χ3v) is 6.95. The van der Waals surface area contributed by atoms with Gasteiger partial charge in [0.1, 0.15) is 10.1 Å². The third-order valence-electron chi connectivity index (χ3n) is 4.51. The van der Waals surface area contributed by atoms with Gasteiger partial charge >= 0.3 is 6.18 Å². The number of hydrogen-bond donors (Lipinski definition) is 2. The van der Waals surface area contributed by atoms with Crippen LogP contribution in [0.5, 0.6) is 5.75 Å². The van der Waals surface area contributed by atoms with Crippen LogP contribution < -0.4 is 5.32 Å². The molecule has 174 valence electrons. The van der Waals surface area contributed by atoms with Crippen LogP contribution in [-0.4, -0.2) is 32.7 Å². The molecule has 1 aliphatic heterocycles. The second-order valence-corrected chi connectivity index (χ2v) is 10.3. The van der Waals surface area contributed by atoms with Crippen molar-refractivity contribution in [3.63, 3.8) is 0 Å². The van der Waals surface area contributed by atoms with E-state index in [1.54, 1.807) is 12.1 Å². The van der Waals surface area contributed by atoms with Crippen molar-refractivity contribution in [1.29, 1.82) is 0 Å². The van der Waals surface area contributed by atoms with Crippen LogP contribution in [0, 0.1) is 0 Å². The van der Waals surface area contributed by atoms with E-state index in [0.29, 0.717) is 23.7 Å². The van der Waals surface area contributed by atoms with E-state index < -0.39 is 17.6 Å². The SMILES string of the molecule is O=C(CCCN1C(=O)/C(=C/c2cc(Br)cc(Br)c2O)SC1=S)Nc1ccccc1C(F)(F)F. The summed E-state index contributed by atoms with van der Waals surface area (Å²) in [6.07, 6.45) is -2.96. The summed E-state index contributed by atoms with van der Waals surface area (Å²) in [5, 5.41) is 12.5. The molecule has 0 unspecified atom stereocenters. The Hall–Kier alpha value is -1.89. The van der Waals surface area contributed by atoms with Gasteiger partial charge in [-0.1, -0.05) is 52.0 Å². The monoisotopic (exact) mass is 622 g/mol. The number of benzene rings is 2. The minimum atomic E-state index is -4.59. The fraction of sp³-hybridized carbons (Fsp3) is 0.190. The Balaban J connectivity index is 1.61. The van der Waals surface area contributed by atoms with Crippen LogP contribution in [0.3, 0.4) is 0 Å². The predicted octanol–water partition coefficient (Wildman–Crippen LogP) is 6.56. The first-order chi connectivity index (χ1) is 15.5. The van der Waals surface area contributed by atoms with Crippen LogP contribution in [0.2, 0.25) is 0 Å². The first-order valence-corrected chi connectivity index (χ1v) is 12.2. The van der Waals surface area contributed by atoms with Gasteiger partial charge in [0.25, 0.3) is 5.91 Å². The largest absolute Gasteiger partial charge is 0.506 e. The van der Waals surface area contributed by atoms with Gasteiger partial charge in [-0.2, -0.15) is 13.2 Å². The summed E-state index contributed by atoms with van der Waals surface area (Å²) < 4.78 is 40.6. The number of carbonyl (C=O) groups excluding carboxylic acids is 2. The number of thioether (sulfide) groups is 1. The van der Waals surface area contributed by atoms with Crippen LogP contribution in [0.15, 0.2) is 50.2 Å². The highest BCUT2D eigenvalue weighted by Gasteiger charge is 2.34. The molecule has 0 radical (unpaired) electrons. The summed E-state index contributed by atoms with van der Waals surface area (Å²) in [5.41, 5.74) is -0.828. The number of hydrogen-bond acceptors (Lipinski definition) is 5. The lowest BCUT2D eigenvalue weighted by Crippen LogP contribution is -2.29. The number of carbonyl (C=O) groups is 2. The van der Waals surface area contributed by atoms with Crippen molar-refractivity contribution in [3.8, 4) is 5.75 Å². The maximum atomic E-state index is 13.1. The molecule has 2 N–H and O–H groups in total. The Morgan fingerprint density at radius 3 is 2.64 bits per heavy atom. The summed E-state index contributed by atoms with van der Waals surface area (Å²) in [6, 6.07) is 8.03. The number of thiocarbonyl (C=S) groups is 1. The fourth-order valence-electron chi connectivity index (χ4n) is 2.98. The van der Waals surface area contributed by atoms with Gasteiger partial charge in [-0.25, -0.2) is 0 Å². The minimum Gasteiger partial charge on any atom is -0.506 e. The molecule has 3 rings (SSSR count). The molecule has 2 aromatic rings. The number of rotatable bonds is 6. The molecule has 33 heavy (non-hydrogen) atoms. The first-order valence-electron chi connectivity index (χ1n) is 9.37. The molecule has 1 aliphatic rings. The number of para-hydroxylation sites is 1. The molecule has 1 saturated heterocycles. The van der Waals surface area contributed by atoms with E-state index in [1.165, 1.54) is 29.2 Å². The molecule has 1 fully saturated rings. The van der Waals surface area contributed by atoms with Crippen molar-refractivity contribution < 1.29 is 27.9 Å². The lowest BCUT2D eigenvalue weighted by atomic mass is 10.1. The van der Waals surface area contributed by atoms with Crippen molar-refractivity contribution in [3.05, 3.63) is 61.4 Å². The van der Waals surface area contributed by atoms with Gasteiger partial charge < -0.3 is 10.4 Å². The van der Waals surface area contributed by atoms with E-state index in [0.717, 1.165) is 17.8 Å². The van der Waals surface area contributed by atoms with E-state index in [-0.39, 0.29) is 36.7 Å². The molecular weight excluding hydrogens is 609 g/mol. The number of anilines is 1. The van der Waals surface area contributed by atoms with Crippen molar-refractivity contribution >= 4 is 83.7 Å². The third kappa shape index (κ3) is 6.37. The molecule has 0 atom stereocenters. The molecule has 0 aliphatic carbocycles. The Kier molecular flexibility index (Phi) is 8.25. The molecular formula is C21H15Br2F3N2O3S2. The fourth-order valence-corrected chi connectivity index (χ4v) is 5.54. The molecule has 0 saturated carbocycles. The molecule has 2 aromatic carbocycles. The molecule has 0 bridgehead atoms. The quantitative estimate of drug-likeness (QED) is 0.282. The van der Waals surface area contributed by atoms with Crippen LogP contribution >= 0.6 is 55.8 Å². The zero-order valence-corrected chi connectivity index (χ0v) is 21.4. The van der Waals surface area contributed by atoms with Crippen molar-refractivity contribution in [2.24, 2.45) is 0 Å². The van der Waals surface area contributed by atoms with Gasteiger partial charge in [0, 0.05) is 23.0 Å². The van der Waals surface area contributed by atoms with Gasteiger partial charge in [-0.3, -0.25) is 14.5 Å². The zero-order valence-electron chi connectivity index (χ0n) is 16.6. The number of halogens is 5. The van der Waals surface area contributed by atoms with Crippen molar-refractivity contribution in [1.82, 2.24) is 4.90 Å². The highest BCUT2D eigenvalue weighted by molar-refractivity contribution is 9.11. The minimum absolute atomic E-state index is 0.0284. The number of aromatic hydroxyl groups is 1. The molecule has 2 amide bonds. The smallest absolute Gasteiger partial charge is 0.418 e. The topological polar surface area (TPSA) is 69.6 Å². The van der Waals surface area contributed by atoms with Crippen LogP contribution in [-0.2, 0) is 15.8 Å². The number of alkyl halides is 3. The zero-order chi connectivity index (χ0) is 24.3. The van der Waals surface area contributed by atoms with Gasteiger partial charge in [-0.05, 0) is 52.7 Å². The summed E-state index contributed by atoms with van der Waals surface area (Å²) >= 11 is 12.9. The Morgan fingerprint density at radius 2 is 1.94 bits per heavy atom. The molecule has 0 spiro atoms. The lowest BCUT2D eigenvalue weighted by Gasteiger charge is -2.15. The van der Waals surface area contributed by atoms with E-state index in [4.69, 9.17) is 12.2 Å². The number of amides is 2. The van der Waals surface area contributed by atoms with Crippen molar-refractivity contribution in [2.45, 2.75) is 19.0 Å². The van der Waals surface area contributed by atoms with Crippen LogP contribution in [0.1, 0.15) is 24.0 Å². The van der Waals surface area contributed by atoms with Gasteiger partial charge in [0.05, 0.1) is 20.6 Å². The van der Waals surface area contributed by atoms with E-state index in [1.807, 2.05) is 0 Å². The Morgan fingerprint density at radius 1 is 1.24 bits per heavy atom. The summed E-state index contributed by atoms with van der Waals surface area (Å²) in [6.45, 7) is 0.129. The molecule has 5 nitrogen and oxygen atoms in total. The van der Waals surface area contributed by atoms with Crippen LogP contribution in [0.4, 0.5) is 18.9 Å². The molecule has 0 aromatic heterocycles. The summed E-state index contributed by atoms with van der Waals surface area (Å²) in [7, 11) is 0.